The highest BCUT2D eigenvalue weighted by Crippen LogP contribution is 2.50. The summed E-state index contributed by atoms with van der Waals surface area (Å²) in [5, 5.41) is 23.1. The number of carboxylic acid groups (broad SMARTS) is 1. The highest BCUT2D eigenvalue weighted by Gasteiger charge is 2.44. The molecule has 1 amide bonds. The van der Waals surface area contributed by atoms with Crippen LogP contribution in [0.5, 0.6) is 0 Å². The normalized spacial score (nSPS) is 16.2. The molecule has 4 aromatic carbocycles. The van der Waals surface area contributed by atoms with Crippen molar-refractivity contribution >= 4 is 39.9 Å². The first-order valence-corrected chi connectivity index (χ1v) is 13.3. The Hall–Kier alpha value is -4.65. The Morgan fingerprint density at radius 3 is 2.62 bits per heavy atom. The monoisotopic (exact) mass is 518 g/mol. The molecule has 6 rings (SSSR count). The molecule has 7 heteroatoms. The molecule has 0 bridgehead atoms. The van der Waals surface area contributed by atoms with E-state index in [0.717, 1.165) is 57.2 Å². The van der Waals surface area contributed by atoms with Crippen LogP contribution in [-0.4, -0.2) is 35.4 Å². The van der Waals surface area contributed by atoms with Crippen molar-refractivity contribution in [1.29, 1.82) is 5.41 Å². The summed E-state index contributed by atoms with van der Waals surface area (Å²) < 4.78 is 0. The van der Waals surface area contributed by atoms with E-state index in [1.54, 1.807) is 12.1 Å². The van der Waals surface area contributed by atoms with Crippen LogP contribution in [0.15, 0.2) is 78.9 Å². The van der Waals surface area contributed by atoms with E-state index in [-0.39, 0.29) is 17.7 Å². The molecule has 7 nitrogen and oxygen atoms in total. The van der Waals surface area contributed by atoms with E-state index in [1.165, 1.54) is 0 Å². The number of benzene rings is 4. The van der Waals surface area contributed by atoms with E-state index in [2.05, 4.69) is 23.5 Å². The Kier molecular flexibility index (Phi) is 6.27. The van der Waals surface area contributed by atoms with Crippen molar-refractivity contribution in [2.24, 2.45) is 5.73 Å². The number of carboxylic acids is 1. The predicted octanol–water partition coefficient (Wildman–Crippen LogP) is 5.05. The number of amidine groups is 1. The third kappa shape index (κ3) is 4.72. The lowest BCUT2D eigenvalue weighted by atomic mass is 9.99. The van der Waals surface area contributed by atoms with Crippen molar-refractivity contribution < 1.29 is 14.7 Å². The lowest BCUT2D eigenvalue weighted by Crippen LogP contribution is -2.36. The van der Waals surface area contributed by atoms with Crippen LogP contribution in [0.3, 0.4) is 0 Å². The van der Waals surface area contributed by atoms with Crippen LogP contribution in [-0.2, 0) is 22.4 Å². The molecule has 0 saturated carbocycles. The Bertz CT molecular complexity index is 1610. The van der Waals surface area contributed by atoms with Crippen molar-refractivity contribution in [3.63, 3.8) is 0 Å². The molecule has 0 radical (unpaired) electrons. The zero-order valence-corrected chi connectivity index (χ0v) is 21.5. The first kappa shape index (κ1) is 24.7. The van der Waals surface area contributed by atoms with Gasteiger partial charge in [-0.2, -0.15) is 0 Å². The number of nitrogen functional groups attached to an aromatic ring is 1. The molecule has 0 saturated heterocycles. The topological polar surface area (TPSA) is 120 Å². The molecule has 196 valence electrons. The summed E-state index contributed by atoms with van der Waals surface area (Å²) in [5.41, 5.74) is 12.1. The summed E-state index contributed by atoms with van der Waals surface area (Å²) in [6.07, 6.45) is 2.69. The van der Waals surface area contributed by atoms with Gasteiger partial charge in [0.2, 0.25) is 5.91 Å². The average molecular weight is 519 g/mol. The fourth-order valence-electron chi connectivity index (χ4n) is 5.84. The SMILES string of the molecule is N=C(N)c1ccc(CCC(=O)N2CCCc3cc(NC(C(=O)O)C4c5ccc6ccccc6c54)ccc32)cc1. The number of nitrogens with one attached hydrogen (secondary N) is 2. The van der Waals surface area contributed by atoms with Gasteiger partial charge in [-0.15, -0.1) is 0 Å². The van der Waals surface area contributed by atoms with Crippen molar-refractivity contribution in [2.45, 2.75) is 37.6 Å². The van der Waals surface area contributed by atoms with Crippen LogP contribution >= 0.6 is 0 Å². The number of anilines is 2. The lowest BCUT2D eigenvalue weighted by molar-refractivity contribution is -0.138. The number of aliphatic carboxylic acids is 1. The molecule has 4 aromatic rings. The second-order valence-corrected chi connectivity index (χ2v) is 10.3. The van der Waals surface area contributed by atoms with Crippen LogP contribution in [0.4, 0.5) is 11.4 Å². The number of rotatable bonds is 8. The highest BCUT2D eigenvalue weighted by atomic mass is 16.4. The lowest BCUT2D eigenvalue weighted by Gasteiger charge is -2.30. The minimum Gasteiger partial charge on any atom is -0.480 e. The van der Waals surface area contributed by atoms with Gasteiger partial charge in [0.15, 0.2) is 0 Å². The van der Waals surface area contributed by atoms with Crippen LogP contribution in [0.2, 0.25) is 0 Å². The number of nitrogens with zero attached hydrogens (tertiary/aromatic N) is 1. The molecule has 2 aliphatic rings. The second kappa shape index (κ2) is 9.91. The fraction of sp³-hybridized carbons (Fsp3) is 0.219. The maximum atomic E-state index is 13.2. The summed E-state index contributed by atoms with van der Waals surface area (Å²) in [4.78, 5) is 27.4. The molecule has 0 aromatic heterocycles. The summed E-state index contributed by atoms with van der Waals surface area (Å²) in [6.45, 7) is 0.671. The van der Waals surface area contributed by atoms with E-state index in [4.69, 9.17) is 11.1 Å². The Labute approximate surface area is 226 Å². The highest BCUT2D eigenvalue weighted by molar-refractivity contribution is 5.97. The number of carbonyl (C=O) groups is 2. The average Bonchev–Trinajstić information content (AvgIpc) is 3.69. The Morgan fingerprint density at radius 2 is 1.85 bits per heavy atom. The standard InChI is InChI=1S/C32H30N4O3/c33-31(34)21-10-7-19(8-11-21)9-16-27(37)36-17-3-5-22-18-23(13-15-26(22)36)35-30(32(38)39)29-25-14-12-20-4-1-2-6-24(20)28(25)29/h1-2,4,6-8,10-15,18,29-30,35H,3,5,9,16-17H2,(H3,33,34)(H,38,39). The minimum atomic E-state index is -0.883. The fourth-order valence-corrected chi connectivity index (χ4v) is 5.84. The van der Waals surface area contributed by atoms with E-state index in [9.17, 15) is 14.7 Å². The van der Waals surface area contributed by atoms with Crippen LogP contribution < -0.4 is 16.0 Å². The van der Waals surface area contributed by atoms with Crippen molar-refractivity contribution in [2.75, 3.05) is 16.8 Å². The van der Waals surface area contributed by atoms with Crippen molar-refractivity contribution in [3.05, 3.63) is 107 Å². The smallest absolute Gasteiger partial charge is 0.327 e. The molecule has 5 N–H and O–H groups in total. The molecule has 1 heterocycles. The molecule has 1 aliphatic heterocycles. The maximum Gasteiger partial charge on any atom is 0.327 e. The third-order valence-corrected chi connectivity index (χ3v) is 7.88. The summed E-state index contributed by atoms with van der Waals surface area (Å²) in [5.74, 6) is -0.954. The summed E-state index contributed by atoms with van der Waals surface area (Å²) in [6, 6.07) is 24.7. The first-order valence-electron chi connectivity index (χ1n) is 13.3. The van der Waals surface area contributed by atoms with E-state index < -0.39 is 12.0 Å². The van der Waals surface area contributed by atoms with Gasteiger partial charge < -0.3 is 21.1 Å². The van der Waals surface area contributed by atoms with Crippen LogP contribution in [0.1, 0.15) is 46.6 Å². The Morgan fingerprint density at radius 1 is 1.05 bits per heavy atom. The third-order valence-electron chi connectivity index (χ3n) is 7.88. The van der Waals surface area contributed by atoms with Gasteiger partial charge >= 0.3 is 5.97 Å². The first-order chi connectivity index (χ1) is 18.9. The van der Waals surface area contributed by atoms with Gasteiger partial charge in [0.05, 0.1) is 0 Å². The number of hydrogen-bond donors (Lipinski definition) is 4. The van der Waals surface area contributed by atoms with Gasteiger partial charge in [-0.05, 0) is 70.5 Å². The quantitative estimate of drug-likeness (QED) is 0.192. The number of amides is 1. The van der Waals surface area contributed by atoms with Gasteiger partial charge in [-0.25, -0.2) is 4.79 Å². The molecular weight excluding hydrogens is 488 g/mol. The van der Waals surface area contributed by atoms with Gasteiger partial charge in [0, 0.05) is 35.8 Å². The molecule has 0 fully saturated rings. The molecule has 0 spiro atoms. The summed E-state index contributed by atoms with van der Waals surface area (Å²) in [7, 11) is 0. The van der Waals surface area contributed by atoms with Crippen molar-refractivity contribution in [1.82, 2.24) is 0 Å². The number of fused-ring (bicyclic) bond motifs is 4. The maximum absolute atomic E-state index is 13.2. The summed E-state index contributed by atoms with van der Waals surface area (Å²) >= 11 is 0. The molecule has 1 aliphatic carbocycles. The van der Waals surface area contributed by atoms with Crippen LogP contribution in [0, 0.1) is 5.41 Å². The van der Waals surface area contributed by atoms with Gasteiger partial charge in [-0.1, -0.05) is 60.7 Å². The molecular formula is C32H30N4O3. The van der Waals surface area contributed by atoms with E-state index >= 15 is 0 Å². The second-order valence-electron chi connectivity index (χ2n) is 10.3. The predicted molar refractivity (Wildman–Crippen MR) is 154 cm³/mol. The van der Waals surface area contributed by atoms with E-state index in [1.807, 2.05) is 53.4 Å². The number of aryl methyl sites for hydroxylation is 2. The van der Waals surface area contributed by atoms with Gasteiger partial charge in [-0.3, -0.25) is 10.2 Å². The molecule has 39 heavy (non-hydrogen) atoms. The number of carbonyl (C=O) groups excluding carboxylic acids is 1. The molecule has 2 unspecified atom stereocenters. The van der Waals surface area contributed by atoms with Crippen molar-refractivity contribution in [3.8, 4) is 0 Å². The van der Waals surface area contributed by atoms with Gasteiger partial charge in [0.25, 0.3) is 0 Å². The minimum absolute atomic E-state index is 0.0289. The zero-order valence-electron chi connectivity index (χ0n) is 21.5. The number of nitrogens with two attached hydrogens (primary N) is 1. The van der Waals surface area contributed by atoms with Gasteiger partial charge in [0.1, 0.15) is 11.9 Å². The zero-order chi connectivity index (χ0) is 27.1. The van der Waals surface area contributed by atoms with Crippen LogP contribution in [0.25, 0.3) is 10.8 Å². The largest absolute Gasteiger partial charge is 0.480 e. The van der Waals surface area contributed by atoms with E-state index in [0.29, 0.717) is 24.9 Å². The molecule has 2 atom stereocenters. The number of hydrogen-bond acceptors (Lipinski definition) is 4. The Balaban J connectivity index is 1.16.